The fourth-order valence-corrected chi connectivity index (χ4v) is 3.84. The molecule has 3 aromatic carbocycles. The van der Waals surface area contributed by atoms with E-state index in [1.807, 2.05) is 13.0 Å². The number of nitrogens with zero attached hydrogens (tertiary/aromatic N) is 1. The van der Waals surface area contributed by atoms with Crippen molar-refractivity contribution in [3.05, 3.63) is 87.2 Å². The summed E-state index contributed by atoms with van der Waals surface area (Å²) < 4.78 is 36.2. The minimum Gasteiger partial charge on any atom is -0.497 e. The third-order valence-corrected chi connectivity index (χ3v) is 5.93. The normalized spacial score (nSPS) is 10.9. The van der Waals surface area contributed by atoms with Gasteiger partial charge >= 0.3 is 0 Å². The maximum absolute atomic E-state index is 13.5. The summed E-state index contributed by atoms with van der Waals surface area (Å²) >= 11 is 3.48. The largest absolute Gasteiger partial charge is 0.497 e. The number of hydrogen-bond acceptors (Lipinski definition) is 6. The van der Waals surface area contributed by atoms with Crippen molar-refractivity contribution in [1.29, 1.82) is 5.26 Å². The molecule has 0 saturated carbocycles. The molecule has 0 bridgehead atoms. The molecule has 0 atom stereocenters. The van der Waals surface area contributed by atoms with E-state index in [1.165, 1.54) is 25.3 Å². The Morgan fingerprint density at radius 2 is 1.84 bits per heavy atom. The van der Waals surface area contributed by atoms with Gasteiger partial charge in [0.15, 0.2) is 11.5 Å². The molecule has 0 radical (unpaired) electrons. The van der Waals surface area contributed by atoms with Crippen LogP contribution in [0.4, 0.5) is 4.39 Å². The summed E-state index contributed by atoms with van der Waals surface area (Å²) in [6, 6.07) is 16.7. The van der Waals surface area contributed by atoms with Crippen molar-refractivity contribution in [3.63, 3.8) is 0 Å². The minimum atomic E-state index is -0.545. The second kappa shape index (κ2) is 13.3. The third-order valence-electron chi connectivity index (χ3n) is 5.24. The van der Waals surface area contributed by atoms with Crippen LogP contribution >= 0.6 is 15.9 Å². The molecule has 0 aromatic heterocycles. The number of halogens is 2. The van der Waals surface area contributed by atoms with Gasteiger partial charge in [-0.3, -0.25) is 4.79 Å². The second-order valence-electron chi connectivity index (χ2n) is 7.70. The standard InChI is InChI=1S/C28H26BrFN2O5/c1-4-36-26-12-20(24(29)14-27(26)37-17-18-6-5-7-22(30)10-18)11-21(15-31)28(33)32-16-19-8-9-23(34-2)13-25(19)35-3/h5-14H,4,16-17H2,1-3H3,(H,32,33)/b21-11+. The Labute approximate surface area is 223 Å². The molecule has 0 aliphatic carbocycles. The summed E-state index contributed by atoms with van der Waals surface area (Å²) in [4.78, 5) is 12.8. The Kier molecular flexibility index (Phi) is 9.92. The SMILES string of the molecule is CCOc1cc(/C=C(\C#N)C(=O)NCc2ccc(OC)cc2OC)c(Br)cc1OCc1cccc(F)c1. The summed E-state index contributed by atoms with van der Waals surface area (Å²) in [5, 5.41) is 12.4. The maximum atomic E-state index is 13.5. The molecule has 9 heteroatoms. The topological polar surface area (TPSA) is 89.8 Å². The first-order valence-electron chi connectivity index (χ1n) is 11.3. The lowest BCUT2D eigenvalue weighted by Gasteiger charge is -2.14. The van der Waals surface area contributed by atoms with Crippen LogP contribution in [0.3, 0.4) is 0 Å². The van der Waals surface area contributed by atoms with E-state index in [-0.39, 0.29) is 24.5 Å². The molecule has 1 N–H and O–H groups in total. The van der Waals surface area contributed by atoms with Gasteiger partial charge in [0, 0.05) is 22.6 Å². The van der Waals surface area contributed by atoms with Gasteiger partial charge in [-0.05, 0) is 60.5 Å². The lowest BCUT2D eigenvalue weighted by Crippen LogP contribution is -2.24. The van der Waals surface area contributed by atoms with Crippen molar-refractivity contribution in [2.75, 3.05) is 20.8 Å². The fourth-order valence-electron chi connectivity index (χ4n) is 3.40. The quantitative estimate of drug-likeness (QED) is 0.232. The minimum absolute atomic E-state index is 0.0935. The van der Waals surface area contributed by atoms with Crippen molar-refractivity contribution in [2.24, 2.45) is 0 Å². The van der Waals surface area contributed by atoms with E-state index in [0.29, 0.717) is 45.2 Å². The van der Waals surface area contributed by atoms with Crippen molar-refractivity contribution < 1.29 is 28.1 Å². The number of nitrogens with one attached hydrogen (secondary N) is 1. The zero-order valence-electron chi connectivity index (χ0n) is 20.6. The van der Waals surface area contributed by atoms with Crippen LogP contribution < -0.4 is 24.3 Å². The molecule has 7 nitrogen and oxygen atoms in total. The number of amides is 1. The van der Waals surface area contributed by atoms with Crippen LogP contribution in [-0.4, -0.2) is 26.7 Å². The number of nitriles is 1. The average molecular weight is 569 g/mol. The summed E-state index contributed by atoms with van der Waals surface area (Å²) in [5.41, 5.74) is 1.85. The van der Waals surface area contributed by atoms with Gasteiger partial charge in [-0.15, -0.1) is 0 Å². The monoisotopic (exact) mass is 568 g/mol. The molecule has 0 saturated heterocycles. The van der Waals surface area contributed by atoms with E-state index in [2.05, 4.69) is 21.2 Å². The first-order chi connectivity index (χ1) is 17.9. The van der Waals surface area contributed by atoms with Crippen LogP contribution in [0.15, 0.2) is 64.6 Å². The van der Waals surface area contributed by atoms with Crippen LogP contribution in [0.25, 0.3) is 6.08 Å². The molecule has 0 heterocycles. The number of rotatable bonds is 11. The van der Waals surface area contributed by atoms with Gasteiger partial charge in [-0.25, -0.2) is 4.39 Å². The first kappa shape index (κ1) is 27.6. The highest BCUT2D eigenvalue weighted by Gasteiger charge is 2.15. The van der Waals surface area contributed by atoms with Crippen LogP contribution in [0.1, 0.15) is 23.6 Å². The number of carbonyl (C=O) groups is 1. The Balaban J connectivity index is 1.79. The van der Waals surface area contributed by atoms with Crippen molar-refractivity contribution in [2.45, 2.75) is 20.1 Å². The van der Waals surface area contributed by atoms with Crippen LogP contribution in [-0.2, 0) is 17.9 Å². The molecule has 0 spiro atoms. The highest BCUT2D eigenvalue weighted by Crippen LogP contribution is 2.35. The molecule has 3 aromatic rings. The zero-order chi connectivity index (χ0) is 26.8. The highest BCUT2D eigenvalue weighted by atomic mass is 79.9. The molecular weight excluding hydrogens is 543 g/mol. The predicted molar refractivity (Wildman–Crippen MR) is 141 cm³/mol. The van der Waals surface area contributed by atoms with Gasteiger partial charge in [0.1, 0.15) is 35.6 Å². The molecular formula is C28H26BrFN2O5. The highest BCUT2D eigenvalue weighted by molar-refractivity contribution is 9.10. The first-order valence-corrected chi connectivity index (χ1v) is 12.1. The van der Waals surface area contributed by atoms with Crippen LogP contribution in [0.5, 0.6) is 23.0 Å². The average Bonchev–Trinajstić information content (AvgIpc) is 2.90. The number of ether oxygens (including phenoxy) is 4. The van der Waals surface area contributed by atoms with Crippen LogP contribution in [0, 0.1) is 17.1 Å². The fraction of sp³-hybridized carbons (Fsp3) is 0.214. The lowest BCUT2D eigenvalue weighted by molar-refractivity contribution is -0.117. The number of hydrogen-bond donors (Lipinski definition) is 1. The van der Waals surface area contributed by atoms with Crippen molar-refractivity contribution >= 4 is 27.9 Å². The van der Waals surface area contributed by atoms with E-state index in [0.717, 1.165) is 5.56 Å². The van der Waals surface area contributed by atoms with E-state index >= 15 is 0 Å². The predicted octanol–water partition coefficient (Wildman–Crippen LogP) is 5.81. The maximum Gasteiger partial charge on any atom is 0.262 e. The van der Waals surface area contributed by atoms with Gasteiger partial charge in [0.2, 0.25) is 0 Å². The molecule has 0 fully saturated rings. The van der Waals surface area contributed by atoms with Gasteiger partial charge in [0.05, 0.1) is 20.8 Å². The Bertz CT molecular complexity index is 1340. The van der Waals surface area contributed by atoms with Crippen molar-refractivity contribution in [1.82, 2.24) is 5.32 Å². The summed E-state index contributed by atoms with van der Waals surface area (Å²) in [6.45, 7) is 2.50. The van der Waals surface area contributed by atoms with E-state index in [9.17, 15) is 14.4 Å². The summed E-state index contributed by atoms with van der Waals surface area (Å²) in [6.07, 6.45) is 1.46. The molecule has 0 unspecified atom stereocenters. The molecule has 0 aliphatic rings. The Morgan fingerprint density at radius 1 is 1.05 bits per heavy atom. The van der Waals surface area contributed by atoms with E-state index < -0.39 is 5.91 Å². The molecule has 3 rings (SSSR count). The van der Waals surface area contributed by atoms with Gasteiger partial charge in [-0.2, -0.15) is 5.26 Å². The third kappa shape index (κ3) is 7.48. The summed E-state index contributed by atoms with van der Waals surface area (Å²) in [7, 11) is 3.08. The van der Waals surface area contributed by atoms with E-state index in [1.54, 1.807) is 49.6 Å². The van der Waals surface area contributed by atoms with Gasteiger partial charge in [-0.1, -0.05) is 28.1 Å². The smallest absolute Gasteiger partial charge is 0.262 e. The lowest BCUT2D eigenvalue weighted by atomic mass is 10.1. The molecule has 1 amide bonds. The summed E-state index contributed by atoms with van der Waals surface area (Å²) in [5.74, 6) is 1.15. The van der Waals surface area contributed by atoms with E-state index in [4.69, 9.17) is 18.9 Å². The molecule has 0 aliphatic heterocycles. The van der Waals surface area contributed by atoms with Gasteiger partial charge < -0.3 is 24.3 Å². The van der Waals surface area contributed by atoms with Gasteiger partial charge in [0.25, 0.3) is 5.91 Å². The van der Waals surface area contributed by atoms with Crippen molar-refractivity contribution in [3.8, 4) is 29.1 Å². The zero-order valence-corrected chi connectivity index (χ0v) is 22.2. The second-order valence-corrected chi connectivity index (χ2v) is 8.56. The number of methoxy groups -OCH3 is 2. The Hall–Kier alpha value is -4.03. The van der Waals surface area contributed by atoms with Crippen LogP contribution in [0.2, 0.25) is 0 Å². The molecule has 192 valence electrons. The number of carbonyl (C=O) groups excluding carboxylic acids is 1. The number of benzene rings is 3. The molecule has 37 heavy (non-hydrogen) atoms. The Morgan fingerprint density at radius 3 is 2.51 bits per heavy atom.